The van der Waals surface area contributed by atoms with Crippen molar-refractivity contribution in [2.45, 2.75) is 38.5 Å². The molecule has 88 valence electrons. The molecule has 0 spiro atoms. The summed E-state index contributed by atoms with van der Waals surface area (Å²) in [7, 11) is 0. The lowest BCUT2D eigenvalue weighted by atomic mass is 10.2. The highest BCUT2D eigenvalue weighted by atomic mass is 32.2. The second-order valence-corrected chi connectivity index (χ2v) is 4.54. The van der Waals surface area contributed by atoms with E-state index in [9.17, 15) is 9.59 Å². The van der Waals surface area contributed by atoms with Gasteiger partial charge in [0.05, 0.1) is 6.42 Å². The number of hydrogen-bond acceptors (Lipinski definition) is 3. The van der Waals surface area contributed by atoms with Gasteiger partial charge >= 0.3 is 11.9 Å². The Morgan fingerprint density at radius 3 is 2.00 bits per heavy atom. The van der Waals surface area contributed by atoms with Crippen LogP contribution in [-0.2, 0) is 9.59 Å². The Balaban J connectivity index is 2.99. The van der Waals surface area contributed by atoms with Crippen molar-refractivity contribution in [1.29, 1.82) is 0 Å². The lowest BCUT2D eigenvalue weighted by molar-refractivity contribution is -0.137. The smallest absolute Gasteiger partial charge is 0.304 e. The van der Waals surface area contributed by atoms with E-state index in [-0.39, 0.29) is 12.8 Å². The number of carboxylic acid groups (broad SMARTS) is 2. The van der Waals surface area contributed by atoms with E-state index in [1.54, 1.807) is 11.8 Å². The normalized spacial score (nSPS) is 10.1. The zero-order chi connectivity index (χ0) is 11.5. The highest BCUT2D eigenvalue weighted by Crippen LogP contribution is 2.09. The van der Waals surface area contributed by atoms with Gasteiger partial charge in [-0.3, -0.25) is 9.59 Å². The molecule has 0 radical (unpaired) electrons. The summed E-state index contributed by atoms with van der Waals surface area (Å²) in [5.41, 5.74) is 0. The molecule has 0 saturated carbocycles. The van der Waals surface area contributed by atoms with Gasteiger partial charge in [0.25, 0.3) is 0 Å². The van der Waals surface area contributed by atoms with Crippen molar-refractivity contribution in [1.82, 2.24) is 0 Å². The number of carbonyl (C=O) groups is 2. The monoisotopic (exact) mass is 234 g/mol. The number of carboxylic acids is 2. The quantitative estimate of drug-likeness (QED) is 0.567. The first-order valence-electron chi connectivity index (χ1n) is 5.14. The molecule has 0 aromatic carbocycles. The molecule has 15 heavy (non-hydrogen) atoms. The number of thioether (sulfide) groups is 1. The summed E-state index contributed by atoms with van der Waals surface area (Å²) in [6.07, 6.45) is 4.26. The molecule has 0 aromatic rings. The predicted molar refractivity (Wildman–Crippen MR) is 60.3 cm³/mol. The van der Waals surface area contributed by atoms with Crippen molar-refractivity contribution in [3.63, 3.8) is 0 Å². The zero-order valence-corrected chi connectivity index (χ0v) is 9.59. The lowest BCUT2D eigenvalue weighted by Crippen LogP contribution is -1.96. The van der Waals surface area contributed by atoms with Crippen molar-refractivity contribution in [3.05, 3.63) is 0 Å². The topological polar surface area (TPSA) is 74.6 Å². The van der Waals surface area contributed by atoms with E-state index >= 15 is 0 Å². The zero-order valence-electron chi connectivity index (χ0n) is 8.78. The van der Waals surface area contributed by atoms with Crippen molar-refractivity contribution < 1.29 is 19.8 Å². The minimum Gasteiger partial charge on any atom is -0.481 e. The number of hydrogen-bond donors (Lipinski definition) is 2. The number of rotatable bonds is 10. The first kappa shape index (κ1) is 14.3. The number of aliphatic carboxylic acids is 2. The van der Waals surface area contributed by atoms with E-state index in [0.29, 0.717) is 5.75 Å². The Kier molecular flexibility index (Phi) is 9.36. The van der Waals surface area contributed by atoms with Crippen molar-refractivity contribution in [3.8, 4) is 0 Å². The second kappa shape index (κ2) is 9.83. The summed E-state index contributed by atoms with van der Waals surface area (Å²) in [6.45, 7) is 0. The van der Waals surface area contributed by atoms with Gasteiger partial charge in [0.2, 0.25) is 0 Å². The Labute approximate surface area is 94.1 Å². The van der Waals surface area contributed by atoms with Crippen LogP contribution in [0.4, 0.5) is 0 Å². The molecule has 0 aliphatic carbocycles. The molecular formula is C10H18O4S. The van der Waals surface area contributed by atoms with E-state index in [1.807, 2.05) is 0 Å². The van der Waals surface area contributed by atoms with E-state index < -0.39 is 11.9 Å². The summed E-state index contributed by atoms with van der Waals surface area (Å²) in [6, 6.07) is 0. The third-order valence-electron chi connectivity index (χ3n) is 1.89. The molecule has 0 aliphatic rings. The van der Waals surface area contributed by atoms with Gasteiger partial charge in [-0.25, -0.2) is 0 Å². The van der Waals surface area contributed by atoms with Gasteiger partial charge in [-0.15, -0.1) is 0 Å². The maximum atomic E-state index is 10.2. The minimum atomic E-state index is -0.746. The minimum absolute atomic E-state index is 0.226. The summed E-state index contributed by atoms with van der Waals surface area (Å²) < 4.78 is 0. The average Bonchev–Trinajstić information content (AvgIpc) is 2.14. The maximum absolute atomic E-state index is 10.2. The highest BCUT2D eigenvalue weighted by Gasteiger charge is 1.98. The van der Waals surface area contributed by atoms with Gasteiger partial charge in [-0.05, 0) is 18.6 Å². The highest BCUT2D eigenvalue weighted by molar-refractivity contribution is 7.99. The molecule has 4 nitrogen and oxygen atoms in total. The van der Waals surface area contributed by atoms with E-state index in [0.717, 1.165) is 31.4 Å². The van der Waals surface area contributed by atoms with Gasteiger partial charge in [0, 0.05) is 12.2 Å². The van der Waals surface area contributed by atoms with Crippen LogP contribution in [0.1, 0.15) is 38.5 Å². The molecular weight excluding hydrogens is 216 g/mol. The molecule has 0 amide bonds. The van der Waals surface area contributed by atoms with Crippen LogP contribution in [-0.4, -0.2) is 33.7 Å². The Hall–Kier alpha value is -0.710. The van der Waals surface area contributed by atoms with Crippen LogP contribution in [0.2, 0.25) is 0 Å². The SMILES string of the molecule is O=C(O)CCCCCCSCCC(=O)O. The molecule has 0 rings (SSSR count). The van der Waals surface area contributed by atoms with E-state index in [2.05, 4.69) is 0 Å². The summed E-state index contributed by atoms with van der Waals surface area (Å²) in [5.74, 6) is 0.167. The van der Waals surface area contributed by atoms with Crippen LogP contribution in [0.3, 0.4) is 0 Å². The summed E-state index contributed by atoms with van der Waals surface area (Å²) in [4.78, 5) is 20.3. The van der Waals surface area contributed by atoms with Gasteiger partial charge < -0.3 is 10.2 Å². The average molecular weight is 234 g/mol. The van der Waals surface area contributed by atoms with E-state index in [4.69, 9.17) is 10.2 Å². The van der Waals surface area contributed by atoms with E-state index in [1.165, 1.54) is 0 Å². The van der Waals surface area contributed by atoms with Crippen molar-refractivity contribution in [2.75, 3.05) is 11.5 Å². The molecule has 0 saturated heterocycles. The first-order valence-corrected chi connectivity index (χ1v) is 6.29. The second-order valence-electron chi connectivity index (χ2n) is 3.31. The third-order valence-corrected chi connectivity index (χ3v) is 2.96. The van der Waals surface area contributed by atoms with Gasteiger partial charge in [0.1, 0.15) is 0 Å². The third kappa shape index (κ3) is 13.3. The summed E-state index contributed by atoms with van der Waals surface area (Å²) >= 11 is 1.65. The maximum Gasteiger partial charge on any atom is 0.304 e. The largest absolute Gasteiger partial charge is 0.481 e. The van der Waals surface area contributed by atoms with Crippen LogP contribution >= 0.6 is 11.8 Å². The molecule has 0 atom stereocenters. The molecule has 0 aromatic heterocycles. The Morgan fingerprint density at radius 1 is 0.800 bits per heavy atom. The van der Waals surface area contributed by atoms with Gasteiger partial charge in [-0.1, -0.05) is 12.8 Å². The van der Waals surface area contributed by atoms with Crippen LogP contribution in [0.5, 0.6) is 0 Å². The molecule has 0 heterocycles. The van der Waals surface area contributed by atoms with Crippen molar-refractivity contribution in [2.24, 2.45) is 0 Å². The molecule has 5 heteroatoms. The molecule has 0 aliphatic heterocycles. The molecule has 0 unspecified atom stereocenters. The lowest BCUT2D eigenvalue weighted by Gasteiger charge is -2.00. The molecule has 0 fully saturated rings. The van der Waals surface area contributed by atoms with Crippen LogP contribution in [0.15, 0.2) is 0 Å². The van der Waals surface area contributed by atoms with Crippen LogP contribution in [0, 0.1) is 0 Å². The number of unbranched alkanes of at least 4 members (excludes halogenated alkanes) is 3. The fourth-order valence-electron chi connectivity index (χ4n) is 1.10. The van der Waals surface area contributed by atoms with Crippen molar-refractivity contribution >= 4 is 23.7 Å². The standard InChI is InChI=1S/C10H18O4S/c11-9(12)5-3-1-2-4-7-15-8-6-10(13)14/h1-8H2,(H,11,12)(H,13,14). The fourth-order valence-corrected chi connectivity index (χ4v) is 2.03. The predicted octanol–water partition coefficient (Wildman–Crippen LogP) is 2.23. The van der Waals surface area contributed by atoms with Gasteiger partial charge in [0.15, 0.2) is 0 Å². The molecule has 2 N–H and O–H groups in total. The summed E-state index contributed by atoms with van der Waals surface area (Å²) in [5, 5.41) is 16.7. The first-order chi connectivity index (χ1) is 7.13. The van der Waals surface area contributed by atoms with Gasteiger partial charge in [-0.2, -0.15) is 11.8 Å². The Morgan fingerprint density at radius 2 is 1.40 bits per heavy atom. The fraction of sp³-hybridized carbons (Fsp3) is 0.800. The Bertz CT molecular complexity index is 174. The van der Waals surface area contributed by atoms with Crippen LogP contribution < -0.4 is 0 Å². The molecule has 0 bridgehead atoms. The van der Waals surface area contributed by atoms with Crippen LogP contribution in [0.25, 0.3) is 0 Å².